The van der Waals surface area contributed by atoms with Gasteiger partial charge in [-0.15, -0.1) is 0 Å². The predicted molar refractivity (Wildman–Crippen MR) is 64.0 cm³/mol. The first kappa shape index (κ1) is 13.4. The summed E-state index contributed by atoms with van der Waals surface area (Å²) in [7, 11) is -1.83. The lowest BCUT2D eigenvalue weighted by Crippen LogP contribution is -2.28. The van der Waals surface area contributed by atoms with Gasteiger partial charge in [-0.3, -0.25) is 0 Å². The van der Waals surface area contributed by atoms with Gasteiger partial charge in [0.2, 0.25) is 10.0 Å². The van der Waals surface area contributed by atoms with Crippen LogP contribution in [-0.4, -0.2) is 28.7 Å². The third kappa shape index (κ3) is 4.49. The lowest BCUT2D eigenvalue weighted by Gasteiger charge is -2.07. The van der Waals surface area contributed by atoms with Crippen LogP contribution in [0.3, 0.4) is 0 Å². The van der Waals surface area contributed by atoms with E-state index in [0.717, 1.165) is 0 Å². The summed E-state index contributed by atoms with van der Waals surface area (Å²) in [5.74, 6) is -0.115. The van der Waals surface area contributed by atoms with Crippen LogP contribution in [0, 0.1) is 0 Å². The first-order chi connectivity index (χ1) is 7.55. The van der Waals surface area contributed by atoms with E-state index in [2.05, 4.69) is 4.72 Å². The molecule has 1 aromatic rings. The molecule has 0 atom stereocenters. The summed E-state index contributed by atoms with van der Waals surface area (Å²) in [6.45, 7) is 0.616. The third-order valence-electron chi connectivity index (χ3n) is 1.93. The molecule has 0 bridgehead atoms. The second kappa shape index (κ2) is 6.20. The minimum atomic E-state index is -3.34. The smallest absolute Gasteiger partial charge is 0.215 e. The Bertz CT molecular complexity index is 433. The molecule has 90 valence electrons. The van der Waals surface area contributed by atoms with Gasteiger partial charge < -0.3 is 4.74 Å². The molecule has 6 heteroatoms. The molecule has 0 aliphatic heterocycles. The van der Waals surface area contributed by atoms with Crippen LogP contribution in [0.25, 0.3) is 0 Å². The van der Waals surface area contributed by atoms with Gasteiger partial charge in [0.15, 0.2) is 0 Å². The van der Waals surface area contributed by atoms with Crippen molar-refractivity contribution in [1.29, 1.82) is 0 Å². The van der Waals surface area contributed by atoms with Gasteiger partial charge in [-0.05, 0) is 11.6 Å². The van der Waals surface area contributed by atoms with E-state index in [1.54, 1.807) is 24.3 Å². The van der Waals surface area contributed by atoms with E-state index in [1.165, 1.54) is 7.11 Å². The van der Waals surface area contributed by atoms with E-state index in [0.29, 0.717) is 17.2 Å². The average Bonchev–Trinajstić information content (AvgIpc) is 2.21. The topological polar surface area (TPSA) is 55.4 Å². The van der Waals surface area contributed by atoms with E-state index in [-0.39, 0.29) is 12.3 Å². The van der Waals surface area contributed by atoms with Gasteiger partial charge in [-0.1, -0.05) is 29.8 Å². The zero-order chi connectivity index (χ0) is 12.0. The minimum Gasteiger partial charge on any atom is -0.383 e. The molecule has 1 N–H and O–H groups in total. The number of halogens is 1. The van der Waals surface area contributed by atoms with Crippen molar-refractivity contribution < 1.29 is 13.2 Å². The van der Waals surface area contributed by atoms with Crippen molar-refractivity contribution in [1.82, 2.24) is 4.72 Å². The largest absolute Gasteiger partial charge is 0.383 e. The number of hydrogen-bond acceptors (Lipinski definition) is 3. The fraction of sp³-hybridized carbons (Fsp3) is 0.400. The molecular formula is C10H14ClNO3S. The Morgan fingerprint density at radius 1 is 1.38 bits per heavy atom. The van der Waals surface area contributed by atoms with E-state index in [9.17, 15) is 8.42 Å². The molecule has 16 heavy (non-hydrogen) atoms. The standard InChI is InChI=1S/C10H14ClNO3S/c1-15-7-6-12-16(13,14)8-9-4-2-3-5-10(9)11/h2-5,12H,6-8H2,1H3. The van der Waals surface area contributed by atoms with Crippen molar-refractivity contribution in [3.8, 4) is 0 Å². The van der Waals surface area contributed by atoms with Crippen LogP contribution in [0.4, 0.5) is 0 Å². The highest BCUT2D eigenvalue weighted by atomic mass is 35.5. The van der Waals surface area contributed by atoms with E-state index in [4.69, 9.17) is 16.3 Å². The molecule has 0 spiro atoms. The summed E-state index contributed by atoms with van der Waals surface area (Å²) in [4.78, 5) is 0. The zero-order valence-corrected chi connectivity index (χ0v) is 10.5. The molecule has 0 unspecified atom stereocenters. The van der Waals surface area contributed by atoms with Gasteiger partial charge in [0.25, 0.3) is 0 Å². The lowest BCUT2D eigenvalue weighted by molar-refractivity contribution is 0.204. The summed E-state index contributed by atoms with van der Waals surface area (Å²) in [6, 6.07) is 6.88. The fourth-order valence-electron chi connectivity index (χ4n) is 1.17. The molecule has 1 aromatic carbocycles. The zero-order valence-electron chi connectivity index (χ0n) is 8.94. The molecule has 0 saturated heterocycles. The molecule has 0 aromatic heterocycles. The van der Waals surface area contributed by atoms with Gasteiger partial charge in [0.1, 0.15) is 0 Å². The molecule has 0 fully saturated rings. The van der Waals surface area contributed by atoms with E-state index in [1.807, 2.05) is 0 Å². The lowest BCUT2D eigenvalue weighted by atomic mass is 10.2. The van der Waals surface area contributed by atoms with E-state index < -0.39 is 10.0 Å². The summed E-state index contributed by atoms with van der Waals surface area (Å²) >= 11 is 5.87. The Kier molecular flexibility index (Phi) is 5.21. The number of ether oxygens (including phenoxy) is 1. The van der Waals surface area contributed by atoms with Crippen LogP contribution in [-0.2, 0) is 20.5 Å². The molecule has 0 aliphatic rings. The molecule has 0 saturated carbocycles. The summed E-state index contributed by atoms with van der Waals surface area (Å²) < 4.78 is 30.4. The first-order valence-electron chi connectivity index (χ1n) is 4.75. The Hall–Kier alpha value is -0.620. The molecule has 1 rings (SSSR count). The number of sulfonamides is 1. The molecule has 0 heterocycles. The maximum absolute atomic E-state index is 11.6. The maximum atomic E-state index is 11.6. The SMILES string of the molecule is COCCNS(=O)(=O)Cc1ccccc1Cl. The second-order valence-corrected chi connectivity index (χ2v) is 5.45. The van der Waals surface area contributed by atoms with Crippen LogP contribution in [0.5, 0.6) is 0 Å². The number of methoxy groups -OCH3 is 1. The van der Waals surface area contributed by atoms with Crippen LogP contribution in [0.15, 0.2) is 24.3 Å². The monoisotopic (exact) mass is 263 g/mol. The summed E-state index contributed by atoms with van der Waals surface area (Å²) in [5, 5.41) is 0.458. The first-order valence-corrected chi connectivity index (χ1v) is 6.78. The quantitative estimate of drug-likeness (QED) is 0.790. The summed E-state index contributed by atoms with van der Waals surface area (Å²) in [5.41, 5.74) is 0.592. The van der Waals surface area contributed by atoms with Gasteiger partial charge >= 0.3 is 0 Å². The van der Waals surface area contributed by atoms with Crippen LogP contribution in [0.2, 0.25) is 5.02 Å². The van der Waals surface area contributed by atoms with Crippen molar-refractivity contribution in [3.05, 3.63) is 34.9 Å². The van der Waals surface area contributed by atoms with Gasteiger partial charge in [0, 0.05) is 18.7 Å². The van der Waals surface area contributed by atoms with Crippen molar-refractivity contribution in [2.75, 3.05) is 20.3 Å². The highest BCUT2D eigenvalue weighted by molar-refractivity contribution is 7.88. The average molecular weight is 264 g/mol. The minimum absolute atomic E-state index is 0.115. The Morgan fingerprint density at radius 3 is 2.69 bits per heavy atom. The normalized spacial score (nSPS) is 11.6. The van der Waals surface area contributed by atoms with E-state index >= 15 is 0 Å². The van der Waals surface area contributed by atoms with Crippen molar-refractivity contribution in [2.24, 2.45) is 0 Å². The van der Waals surface area contributed by atoms with Crippen LogP contribution >= 0.6 is 11.6 Å². The molecule has 4 nitrogen and oxygen atoms in total. The number of hydrogen-bond donors (Lipinski definition) is 1. The van der Waals surface area contributed by atoms with Crippen molar-refractivity contribution >= 4 is 21.6 Å². The molecule has 0 amide bonds. The number of rotatable bonds is 6. The van der Waals surface area contributed by atoms with Gasteiger partial charge in [-0.2, -0.15) is 0 Å². The van der Waals surface area contributed by atoms with Gasteiger partial charge in [0.05, 0.1) is 12.4 Å². The highest BCUT2D eigenvalue weighted by Crippen LogP contribution is 2.16. The predicted octanol–water partition coefficient (Wildman–Crippen LogP) is 1.41. The van der Waals surface area contributed by atoms with Crippen molar-refractivity contribution in [2.45, 2.75) is 5.75 Å². The third-order valence-corrected chi connectivity index (χ3v) is 3.64. The molecular weight excluding hydrogens is 250 g/mol. The number of benzene rings is 1. The van der Waals surface area contributed by atoms with Crippen LogP contribution in [0.1, 0.15) is 5.56 Å². The Labute approximate surface area is 101 Å². The maximum Gasteiger partial charge on any atom is 0.215 e. The van der Waals surface area contributed by atoms with Crippen LogP contribution < -0.4 is 4.72 Å². The van der Waals surface area contributed by atoms with Crippen molar-refractivity contribution in [3.63, 3.8) is 0 Å². The highest BCUT2D eigenvalue weighted by Gasteiger charge is 2.12. The molecule has 0 radical (unpaired) electrons. The second-order valence-electron chi connectivity index (χ2n) is 3.24. The van der Waals surface area contributed by atoms with Gasteiger partial charge in [-0.25, -0.2) is 13.1 Å². The molecule has 0 aliphatic carbocycles. The number of nitrogens with one attached hydrogen (secondary N) is 1. The fourth-order valence-corrected chi connectivity index (χ4v) is 2.61. The summed E-state index contributed by atoms with van der Waals surface area (Å²) in [6.07, 6.45) is 0. The Balaban J connectivity index is 2.63. The Morgan fingerprint density at radius 2 is 2.06 bits per heavy atom.